The molecule has 0 aromatic carbocycles. The fourth-order valence-corrected chi connectivity index (χ4v) is 4.70. The summed E-state index contributed by atoms with van der Waals surface area (Å²) in [4.78, 5) is 11.6. The lowest BCUT2D eigenvalue weighted by atomic mass is 9.75. The lowest BCUT2D eigenvalue weighted by Crippen LogP contribution is -2.40. The van der Waals surface area contributed by atoms with Crippen LogP contribution in [0.5, 0.6) is 0 Å². The molecule has 7 atom stereocenters. The molecule has 1 saturated carbocycles. The van der Waals surface area contributed by atoms with E-state index in [2.05, 4.69) is 19.2 Å². The molecule has 146 valence electrons. The van der Waals surface area contributed by atoms with Crippen LogP contribution in [0.4, 0.5) is 0 Å². The van der Waals surface area contributed by atoms with Gasteiger partial charge in [0.05, 0.1) is 12.2 Å². The van der Waals surface area contributed by atoms with Gasteiger partial charge < -0.3 is 14.9 Å². The van der Waals surface area contributed by atoms with Crippen LogP contribution in [0.3, 0.4) is 0 Å². The molecule has 0 radical (unpaired) electrons. The van der Waals surface area contributed by atoms with Gasteiger partial charge in [0.15, 0.2) is 0 Å². The second-order valence-corrected chi connectivity index (χ2v) is 8.30. The first-order valence-corrected chi connectivity index (χ1v) is 9.66. The van der Waals surface area contributed by atoms with Gasteiger partial charge in [-0.25, -0.2) is 0 Å². The topological polar surface area (TPSA) is 66.8 Å². The van der Waals surface area contributed by atoms with E-state index in [0.29, 0.717) is 12.8 Å². The van der Waals surface area contributed by atoms with Crippen LogP contribution >= 0.6 is 0 Å². The zero-order valence-corrected chi connectivity index (χ0v) is 16.6. The molecule has 4 heteroatoms. The van der Waals surface area contributed by atoms with Crippen molar-refractivity contribution in [2.75, 3.05) is 0 Å². The van der Waals surface area contributed by atoms with Crippen LogP contribution in [0.15, 0.2) is 36.0 Å². The fraction of sp³-hybridized carbons (Fsp3) is 0.682. The van der Waals surface area contributed by atoms with Gasteiger partial charge in [-0.05, 0) is 62.9 Å². The fourth-order valence-electron chi connectivity index (χ4n) is 4.70. The van der Waals surface area contributed by atoms with Gasteiger partial charge in [-0.2, -0.15) is 0 Å². The molecule has 26 heavy (non-hydrogen) atoms. The number of hydrogen-bond donors (Lipinski definition) is 2. The Kier molecular flexibility index (Phi) is 6.86. The summed E-state index contributed by atoms with van der Waals surface area (Å²) in [5, 5.41) is 21.9. The number of carbonyl (C=O) groups is 1. The first kappa shape index (κ1) is 20.9. The molecule has 2 aliphatic rings. The molecule has 2 rings (SSSR count). The van der Waals surface area contributed by atoms with E-state index in [4.69, 9.17) is 4.74 Å². The maximum Gasteiger partial charge on any atom is 0.302 e. The van der Waals surface area contributed by atoms with E-state index >= 15 is 0 Å². The molecule has 0 amide bonds. The second kappa shape index (κ2) is 8.53. The van der Waals surface area contributed by atoms with E-state index in [1.165, 1.54) is 12.5 Å². The van der Waals surface area contributed by atoms with Crippen LogP contribution in [0.1, 0.15) is 53.4 Å². The number of fused-ring (bicyclic) bond motifs is 1. The summed E-state index contributed by atoms with van der Waals surface area (Å²) in [6.07, 6.45) is 3.36. The third kappa shape index (κ3) is 4.47. The first-order valence-electron chi connectivity index (χ1n) is 9.66. The molecule has 0 aromatic rings. The van der Waals surface area contributed by atoms with Crippen molar-refractivity contribution in [2.24, 2.45) is 23.7 Å². The van der Waals surface area contributed by atoms with Crippen molar-refractivity contribution < 1.29 is 19.7 Å². The molecule has 2 unspecified atom stereocenters. The van der Waals surface area contributed by atoms with Crippen molar-refractivity contribution in [1.29, 1.82) is 0 Å². The first-order chi connectivity index (χ1) is 12.1. The highest BCUT2D eigenvalue weighted by Gasteiger charge is 2.46. The lowest BCUT2D eigenvalue weighted by Gasteiger charge is -2.36. The predicted molar refractivity (Wildman–Crippen MR) is 103 cm³/mol. The molecule has 1 fully saturated rings. The largest absolute Gasteiger partial charge is 0.462 e. The molecule has 2 aliphatic carbocycles. The van der Waals surface area contributed by atoms with Crippen molar-refractivity contribution in [1.82, 2.24) is 0 Å². The van der Waals surface area contributed by atoms with Crippen molar-refractivity contribution in [3.8, 4) is 0 Å². The zero-order chi connectivity index (χ0) is 19.6. The van der Waals surface area contributed by atoms with Gasteiger partial charge in [-0.1, -0.05) is 30.7 Å². The minimum absolute atomic E-state index is 0.00813. The second-order valence-electron chi connectivity index (χ2n) is 8.30. The number of carbonyl (C=O) groups excluding carboxylic acids is 1. The third-order valence-electron chi connectivity index (χ3n) is 6.29. The van der Waals surface area contributed by atoms with Crippen LogP contribution in [0.2, 0.25) is 0 Å². The summed E-state index contributed by atoms with van der Waals surface area (Å²) in [6.45, 7) is 15.5. The van der Waals surface area contributed by atoms with E-state index in [0.717, 1.165) is 24.0 Å². The van der Waals surface area contributed by atoms with E-state index in [-0.39, 0.29) is 35.7 Å². The summed E-state index contributed by atoms with van der Waals surface area (Å²) in [5.74, 6) is -0.451. The van der Waals surface area contributed by atoms with Crippen LogP contribution in [-0.2, 0) is 9.53 Å². The molecule has 0 spiro atoms. The molecule has 2 N–H and O–H groups in total. The molecule has 0 saturated heterocycles. The molecule has 4 nitrogen and oxygen atoms in total. The van der Waals surface area contributed by atoms with Crippen LogP contribution < -0.4 is 0 Å². The van der Waals surface area contributed by atoms with Crippen LogP contribution in [0, 0.1) is 23.7 Å². The van der Waals surface area contributed by atoms with Gasteiger partial charge in [0.1, 0.15) is 6.10 Å². The van der Waals surface area contributed by atoms with Gasteiger partial charge >= 0.3 is 5.97 Å². The molecule has 0 heterocycles. The number of aliphatic hydroxyl groups is 2. The lowest BCUT2D eigenvalue weighted by molar-refractivity contribution is -0.152. The Morgan fingerprint density at radius 1 is 1.38 bits per heavy atom. The monoisotopic (exact) mass is 362 g/mol. The van der Waals surface area contributed by atoms with Gasteiger partial charge in [-0.15, -0.1) is 6.58 Å². The minimum Gasteiger partial charge on any atom is -0.462 e. The predicted octanol–water partition coefficient (Wildman–Crippen LogP) is 3.79. The number of hydrogen-bond acceptors (Lipinski definition) is 4. The number of allylic oxidation sites excluding steroid dienone is 2. The van der Waals surface area contributed by atoms with E-state index < -0.39 is 12.2 Å². The Labute approximate surface area is 157 Å². The van der Waals surface area contributed by atoms with Gasteiger partial charge in [0.25, 0.3) is 0 Å². The van der Waals surface area contributed by atoms with Crippen LogP contribution in [0.25, 0.3) is 0 Å². The molecule has 0 aromatic heterocycles. The van der Waals surface area contributed by atoms with Crippen molar-refractivity contribution in [3.63, 3.8) is 0 Å². The summed E-state index contributed by atoms with van der Waals surface area (Å²) >= 11 is 0. The highest BCUT2D eigenvalue weighted by Crippen LogP contribution is 2.47. The Balaban J connectivity index is 2.26. The molecule has 0 bridgehead atoms. The average Bonchev–Trinajstić information content (AvgIpc) is 2.91. The number of rotatable bonds is 6. The van der Waals surface area contributed by atoms with Crippen molar-refractivity contribution in [3.05, 3.63) is 36.0 Å². The highest BCUT2D eigenvalue weighted by molar-refractivity contribution is 5.66. The summed E-state index contributed by atoms with van der Waals surface area (Å²) < 4.78 is 5.60. The number of aliphatic hydroxyl groups excluding tert-OH is 2. The Hall–Kier alpha value is -1.39. The van der Waals surface area contributed by atoms with Gasteiger partial charge in [-0.3, -0.25) is 4.79 Å². The van der Waals surface area contributed by atoms with E-state index in [1.807, 2.05) is 20.8 Å². The molecular weight excluding hydrogens is 328 g/mol. The minimum atomic E-state index is -0.634. The summed E-state index contributed by atoms with van der Waals surface area (Å²) in [7, 11) is 0. The zero-order valence-electron chi connectivity index (χ0n) is 16.6. The summed E-state index contributed by atoms with van der Waals surface area (Å²) in [6, 6.07) is 0. The van der Waals surface area contributed by atoms with E-state index in [1.54, 1.807) is 0 Å². The highest BCUT2D eigenvalue weighted by atomic mass is 16.5. The summed E-state index contributed by atoms with van der Waals surface area (Å²) in [5.41, 5.74) is 3.03. The molecule has 0 aliphatic heterocycles. The quantitative estimate of drug-likeness (QED) is 0.557. The smallest absolute Gasteiger partial charge is 0.302 e. The Bertz CT molecular complexity index is 591. The normalized spacial score (nSPS) is 33.7. The maximum atomic E-state index is 11.6. The van der Waals surface area contributed by atoms with Crippen LogP contribution in [-0.4, -0.2) is 34.5 Å². The Morgan fingerprint density at radius 3 is 2.62 bits per heavy atom. The average molecular weight is 363 g/mol. The maximum absolute atomic E-state index is 11.6. The standard InChI is InChI=1S/C22H34O4/c1-12(2)7-10-20(26-16(6)23)15(5)18-11-19(24)14(4)17-9-8-13(3)21(17)22(18)25/h8,15,17-22,24-25H,1,4,7,9-11H2,2-3,5-6H3/t15?,17-,18-,19+,20?,21+,22+/m0/s1. The number of ether oxygens (including phenoxy) is 1. The Morgan fingerprint density at radius 2 is 2.04 bits per heavy atom. The van der Waals surface area contributed by atoms with Gasteiger partial charge in [0, 0.05) is 12.8 Å². The SMILES string of the molecule is C=C(C)CCC(OC(C)=O)C(C)[C@@H]1C[C@@H](O)C(=C)[C@@H]2CC=C(C)[C@H]2[C@@H]1O. The van der Waals surface area contributed by atoms with E-state index in [9.17, 15) is 15.0 Å². The van der Waals surface area contributed by atoms with Gasteiger partial charge in [0.2, 0.25) is 0 Å². The van der Waals surface area contributed by atoms with Crippen molar-refractivity contribution >= 4 is 5.97 Å². The molecular formula is C22H34O4. The third-order valence-corrected chi connectivity index (χ3v) is 6.29. The van der Waals surface area contributed by atoms with Crippen molar-refractivity contribution in [2.45, 2.75) is 71.7 Å². The number of esters is 1.